The Bertz CT molecular complexity index is 2500. The highest BCUT2D eigenvalue weighted by molar-refractivity contribution is 6.07. The number of pyridine rings is 1. The molecular weight excluding hydrogens is 576 g/mol. The van der Waals surface area contributed by atoms with Gasteiger partial charge in [-0.1, -0.05) is 103 Å². The summed E-state index contributed by atoms with van der Waals surface area (Å²) in [6.45, 7) is 0. The number of para-hydroxylation sites is 3. The molecule has 0 fully saturated rings. The average Bonchev–Trinajstić information content (AvgIpc) is 3.14. The molecule has 7 aromatic carbocycles. The van der Waals surface area contributed by atoms with E-state index in [1.807, 2.05) is 83.4 Å². The summed E-state index contributed by atoms with van der Waals surface area (Å²) in [6, 6.07) is 57.6. The van der Waals surface area contributed by atoms with Crippen molar-refractivity contribution in [2.45, 2.75) is 0 Å². The van der Waals surface area contributed by atoms with Gasteiger partial charge in [-0.05, 0) is 94.4 Å². The summed E-state index contributed by atoms with van der Waals surface area (Å²) in [6.07, 6.45) is 0. The van der Waals surface area contributed by atoms with E-state index in [4.69, 9.17) is 4.74 Å². The fraction of sp³-hybridized carbons (Fsp3) is 0. The summed E-state index contributed by atoms with van der Waals surface area (Å²) in [5.41, 5.74) is 9.06. The van der Waals surface area contributed by atoms with Gasteiger partial charge in [0.15, 0.2) is 11.5 Å². The van der Waals surface area contributed by atoms with E-state index in [0.717, 1.165) is 72.8 Å². The molecule has 0 amide bonds. The molecule has 2 heterocycles. The zero-order valence-electron chi connectivity index (χ0n) is 25.4. The molecule has 0 N–H and O–H groups in total. The summed E-state index contributed by atoms with van der Waals surface area (Å²) in [5.74, 6) is 1.61. The van der Waals surface area contributed by atoms with Gasteiger partial charge < -0.3 is 9.64 Å². The maximum Gasteiger partial charge on any atom is 0.263 e. The van der Waals surface area contributed by atoms with Crippen LogP contribution in [0.2, 0.25) is 0 Å². The Labute approximate surface area is 272 Å². The van der Waals surface area contributed by atoms with Crippen LogP contribution >= 0.6 is 0 Å². The Morgan fingerprint density at radius 1 is 0.404 bits per heavy atom. The quantitative estimate of drug-likeness (QED) is 0.187. The average molecular weight is 605 g/mol. The molecule has 4 nitrogen and oxygen atoms in total. The Hall–Kier alpha value is -6.39. The summed E-state index contributed by atoms with van der Waals surface area (Å²) in [5, 5.41) is 2.70. The molecule has 0 unspecified atom stereocenters. The minimum atomic E-state index is -0.0323. The zero-order chi connectivity index (χ0) is 31.3. The number of fused-ring (bicyclic) bond motifs is 5. The highest BCUT2D eigenvalue weighted by Crippen LogP contribution is 2.51. The van der Waals surface area contributed by atoms with Gasteiger partial charge in [0.25, 0.3) is 5.56 Å². The topological polar surface area (TPSA) is 34.5 Å². The first-order valence-corrected chi connectivity index (χ1v) is 15.7. The first-order valence-electron chi connectivity index (χ1n) is 15.7. The zero-order valence-corrected chi connectivity index (χ0v) is 25.4. The fourth-order valence-corrected chi connectivity index (χ4v) is 6.74. The lowest BCUT2D eigenvalue weighted by atomic mass is 9.99. The molecule has 9 rings (SSSR count). The van der Waals surface area contributed by atoms with Crippen LogP contribution in [0.1, 0.15) is 0 Å². The maximum absolute atomic E-state index is 14.0. The molecule has 0 spiro atoms. The van der Waals surface area contributed by atoms with Crippen molar-refractivity contribution in [2.75, 3.05) is 4.90 Å². The Kier molecular flexibility index (Phi) is 6.25. The molecule has 0 radical (unpaired) electrons. The molecular formula is C43H28N2O2. The van der Waals surface area contributed by atoms with Crippen LogP contribution in [-0.4, -0.2) is 4.57 Å². The number of anilines is 3. The molecule has 47 heavy (non-hydrogen) atoms. The summed E-state index contributed by atoms with van der Waals surface area (Å²) >= 11 is 0. The normalized spacial score (nSPS) is 12.0. The van der Waals surface area contributed by atoms with Crippen LogP contribution in [0.3, 0.4) is 0 Å². The Morgan fingerprint density at radius 3 is 1.81 bits per heavy atom. The predicted octanol–water partition coefficient (Wildman–Crippen LogP) is 11.1. The SMILES string of the molecule is O=c1c2ccccc2c2cc(-c3ccccc3)ccc2n1-c1ccc(-c2ccc3c(c2)Oc2ccccc2N3c2ccccc2)cc1. The Balaban J connectivity index is 1.13. The number of rotatable bonds is 4. The third-order valence-corrected chi connectivity index (χ3v) is 9.00. The van der Waals surface area contributed by atoms with Gasteiger partial charge in [-0.2, -0.15) is 0 Å². The number of ether oxygens (including phenoxy) is 1. The van der Waals surface area contributed by atoms with Gasteiger partial charge in [0, 0.05) is 22.1 Å². The number of nitrogens with zero attached hydrogens (tertiary/aromatic N) is 2. The molecule has 1 aromatic heterocycles. The molecule has 4 heteroatoms. The molecule has 1 aliphatic heterocycles. The van der Waals surface area contributed by atoms with E-state index < -0.39 is 0 Å². The van der Waals surface area contributed by atoms with E-state index in [-0.39, 0.29) is 5.56 Å². The minimum Gasteiger partial charge on any atom is -0.453 e. The van der Waals surface area contributed by atoms with Gasteiger partial charge in [0.05, 0.1) is 16.9 Å². The van der Waals surface area contributed by atoms with E-state index in [0.29, 0.717) is 5.39 Å². The van der Waals surface area contributed by atoms with Gasteiger partial charge in [-0.25, -0.2) is 0 Å². The van der Waals surface area contributed by atoms with E-state index in [2.05, 4.69) is 95.9 Å². The van der Waals surface area contributed by atoms with Crippen LogP contribution in [0.15, 0.2) is 175 Å². The lowest BCUT2D eigenvalue weighted by Gasteiger charge is -2.33. The Morgan fingerprint density at radius 2 is 1.00 bits per heavy atom. The first kappa shape index (κ1) is 27.0. The second kappa shape index (κ2) is 10.9. The van der Waals surface area contributed by atoms with E-state index in [1.165, 1.54) is 0 Å². The van der Waals surface area contributed by atoms with Crippen LogP contribution in [0.25, 0.3) is 49.6 Å². The number of hydrogen-bond acceptors (Lipinski definition) is 3. The number of benzene rings is 7. The molecule has 8 aromatic rings. The van der Waals surface area contributed by atoms with Crippen molar-refractivity contribution in [3.05, 3.63) is 180 Å². The highest BCUT2D eigenvalue weighted by atomic mass is 16.5. The molecule has 0 atom stereocenters. The second-order valence-corrected chi connectivity index (χ2v) is 11.8. The van der Waals surface area contributed by atoms with Crippen LogP contribution in [0.5, 0.6) is 11.5 Å². The van der Waals surface area contributed by atoms with E-state index >= 15 is 0 Å². The molecule has 222 valence electrons. The smallest absolute Gasteiger partial charge is 0.263 e. The maximum atomic E-state index is 14.0. The van der Waals surface area contributed by atoms with Crippen LogP contribution in [0, 0.1) is 0 Å². The lowest BCUT2D eigenvalue weighted by molar-refractivity contribution is 0.477. The van der Waals surface area contributed by atoms with Crippen molar-refractivity contribution in [3.63, 3.8) is 0 Å². The summed E-state index contributed by atoms with van der Waals surface area (Å²) in [7, 11) is 0. The molecule has 0 bridgehead atoms. The van der Waals surface area contributed by atoms with Crippen molar-refractivity contribution in [1.29, 1.82) is 0 Å². The predicted molar refractivity (Wildman–Crippen MR) is 193 cm³/mol. The van der Waals surface area contributed by atoms with Crippen LogP contribution in [-0.2, 0) is 0 Å². The second-order valence-electron chi connectivity index (χ2n) is 11.8. The minimum absolute atomic E-state index is 0.0323. The van der Waals surface area contributed by atoms with Crippen molar-refractivity contribution < 1.29 is 4.74 Å². The lowest BCUT2D eigenvalue weighted by Crippen LogP contribution is -2.19. The monoisotopic (exact) mass is 604 g/mol. The molecule has 0 saturated carbocycles. The number of aromatic nitrogens is 1. The summed E-state index contributed by atoms with van der Waals surface area (Å²) < 4.78 is 8.28. The largest absolute Gasteiger partial charge is 0.453 e. The number of hydrogen-bond donors (Lipinski definition) is 0. The molecule has 1 aliphatic rings. The van der Waals surface area contributed by atoms with E-state index in [1.54, 1.807) is 0 Å². The van der Waals surface area contributed by atoms with Crippen molar-refractivity contribution in [3.8, 4) is 39.4 Å². The van der Waals surface area contributed by atoms with Crippen LogP contribution < -0.4 is 15.2 Å². The van der Waals surface area contributed by atoms with E-state index in [9.17, 15) is 4.79 Å². The van der Waals surface area contributed by atoms with Gasteiger partial charge in [0.2, 0.25) is 0 Å². The molecule has 0 saturated heterocycles. The van der Waals surface area contributed by atoms with Gasteiger partial charge >= 0.3 is 0 Å². The fourth-order valence-electron chi connectivity index (χ4n) is 6.74. The van der Waals surface area contributed by atoms with Gasteiger partial charge in [0.1, 0.15) is 0 Å². The van der Waals surface area contributed by atoms with Crippen molar-refractivity contribution in [1.82, 2.24) is 4.57 Å². The van der Waals surface area contributed by atoms with Crippen molar-refractivity contribution >= 4 is 38.7 Å². The van der Waals surface area contributed by atoms with Crippen LogP contribution in [0.4, 0.5) is 17.1 Å². The first-order chi connectivity index (χ1) is 23.2. The highest BCUT2D eigenvalue weighted by Gasteiger charge is 2.26. The third-order valence-electron chi connectivity index (χ3n) is 9.00. The molecule has 0 aliphatic carbocycles. The standard InChI is InChI=1S/C43H28N2O2/c46-43-36-16-8-7-15-35(36)37-27-31(29-11-3-1-4-12-29)21-25-38(37)45(43)34-23-19-30(20-24-34)32-22-26-40-42(28-32)47-41-18-10-9-17-39(41)44(40)33-13-5-2-6-14-33/h1-28H. The third kappa shape index (κ3) is 4.50. The van der Waals surface area contributed by atoms with Crippen molar-refractivity contribution in [2.24, 2.45) is 0 Å². The van der Waals surface area contributed by atoms with Gasteiger partial charge in [-0.15, -0.1) is 0 Å². The summed E-state index contributed by atoms with van der Waals surface area (Å²) in [4.78, 5) is 16.2. The van der Waals surface area contributed by atoms with Gasteiger partial charge in [-0.3, -0.25) is 9.36 Å².